The summed E-state index contributed by atoms with van der Waals surface area (Å²) in [5.74, 6) is 0.970. The molecule has 2 saturated heterocycles. The fourth-order valence-electron chi connectivity index (χ4n) is 4.46. The van der Waals surface area contributed by atoms with E-state index >= 15 is 0 Å². The van der Waals surface area contributed by atoms with Crippen LogP contribution in [0.1, 0.15) is 58.3 Å². The molecule has 5 nitrogen and oxygen atoms in total. The molecule has 2 N–H and O–H groups in total. The quantitative estimate of drug-likeness (QED) is 0.558. The van der Waals surface area contributed by atoms with Gasteiger partial charge in [0.25, 0.3) is 0 Å². The molecule has 23 heavy (non-hydrogen) atoms. The molecule has 5 heteroatoms. The molecule has 1 saturated carbocycles. The molecule has 3 fully saturated rings. The van der Waals surface area contributed by atoms with Crippen LogP contribution < -0.4 is 10.6 Å². The minimum Gasteiger partial charge on any atom is -0.385 e. The number of aliphatic imine (C=N–C) groups is 1. The maximum atomic E-state index is 5.95. The molecule has 0 aromatic carbocycles. The molecular weight excluding hydrogens is 290 g/mol. The van der Waals surface area contributed by atoms with Gasteiger partial charge in [-0.15, -0.1) is 0 Å². The van der Waals surface area contributed by atoms with Gasteiger partial charge in [-0.25, -0.2) is 0 Å². The lowest BCUT2D eigenvalue weighted by molar-refractivity contribution is 0.0992. The third-order valence-electron chi connectivity index (χ3n) is 5.85. The van der Waals surface area contributed by atoms with Gasteiger partial charge in [0.1, 0.15) is 0 Å². The minimum atomic E-state index is 0.351. The Kier molecular flexibility index (Phi) is 5.81. The summed E-state index contributed by atoms with van der Waals surface area (Å²) in [6.45, 7) is 4.79. The number of guanidine groups is 1. The Labute approximate surface area is 140 Å². The lowest BCUT2D eigenvalue weighted by Gasteiger charge is -2.28. The maximum Gasteiger partial charge on any atom is 0.191 e. The summed E-state index contributed by atoms with van der Waals surface area (Å²) in [5, 5.41) is 7.05. The van der Waals surface area contributed by atoms with Crippen LogP contribution in [0, 0.1) is 5.41 Å². The van der Waals surface area contributed by atoms with E-state index in [9.17, 15) is 0 Å². The van der Waals surface area contributed by atoms with E-state index in [0.717, 1.165) is 38.5 Å². The van der Waals surface area contributed by atoms with Crippen molar-refractivity contribution in [1.29, 1.82) is 0 Å². The summed E-state index contributed by atoms with van der Waals surface area (Å²) in [6, 6.07) is 0.435. The van der Waals surface area contributed by atoms with Crippen molar-refractivity contribution in [2.24, 2.45) is 10.4 Å². The van der Waals surface area contributed by atoms with Gasteiger partial charge in [-0.05, 0) is 50.9 Å². The summed E-state index contributed by atoms with van der Waals surface area (Å²) in [7, 11) is 1.80. The van der Waals surface area contributed by atoms with Crippen LogP contribution in [0.4, 0.5) is 0 Å². The van der Waals surface area contributed by atoms with Crippen LogP contribution in [0.15, 0.2) is 4.99 Å². The minimum absolute atomic E-state index is 0.351. The number of nitrogens with one attached hydrogen (secondary N) is 2. The topological polar surface area (TPSA) is 54.9 Å². The molecule has 0 amide bonds. The summed E-state index contributed by atoms with van der Waals surface area (Å²) >= 11 is 0. The van der Waals surface area contributed by atoms with Gasteiger partial charge >= 0.3 is 0 Å². The molecule has 0 aromatic rings. The molecule has 2 aliphatic heterocycles. The molecular formula is C18H33N3O2. The smallest absolute Gasteiger partial charge is 0.191 e. The number of fused-ring (bicyclic) bond motifs is 2. The van der Waals surface area contributed by atoms with Crippen molar-refractivity contribution in [3.63, 3.8) is 0 Å². The first-order valence-electron chi connectivity index (χ1n) is 9.44. The van der Waals surface area contributed by atoms with Gasteiger partial charge in [0, 0.05) is 26.8 Å². The van der Waals surface area contributed by atoms with Gasteiger partial charge in [-0.2, -0.15) is 0 Å². The first-order chi connectivity index (χ1) is 11.2. The van der Waals surface area contributed by atoms with Crippen LogP contribution in [-0.2, 0) is 9.47 Å². The van der Waals surface area contributed by atoms with Crippen molar-refractivity contribution in [3.8, 4) is 0 Å². The average molecular weight is 323 g/mol. The van der Waals surface area contributed by atoms with Crippen molar-refractivity contribution in [3.05, 3.63) is 0 Å². The molecule has 3 rings (SSSR count). The number of rotatable bonds is 7. The zero-order chi connectivity index (χ0) is 16.1. The highest BCUT2D eigenvalue weighted by atomic mass is 16.5. The lowest BCUT2D eigenvalue weighted by atomic mass is 9.83. The van der Waals surface area contributed by atoms with E-state index in [2.05, 4.69) is 17.6 Å². The Morgan fingerprint density at radius 3 is 2.74 bits per heavy atom. The average Bonchev–Trinajstić information content (AvgIpc) is 3.28. The van der Waals surface area contributed by atoms with Crippen LogP contribution in [0.25, 0.3) is 0 Å². The van der Waals surface area contributed by atoms with Crippen molar-refractivity contribution < 1.29 is 9.47 Å². The van der Waals surface area contributed by atoms with Gasteiger partial charge in [0.2, 0.25) is 0 Å². The van der Waals surface area contributed by atoms with Crippen molar-refractivity contribution >= 4 is 5.96 Å². The molecule has 132 valence electrons. The SMILES string of the molecule is CCNC(=NCC1(CCOC)CCCC1)NC1CC2CCC1O2. The zero-order valence-corrected chi connectivity index (χ0v) is 14.8. The van der Waals surface area contributed by atoms with Crippen LogP contribution in [0.2, 0.25) is 0 Å². The van der Waals surface area contributed by atoms with Gasteiger partial charge in [0.05, 0.1) is 18.2 Å². The summed E-state index contributed by atoms with van der Waals surface area (Å²) in [5.41, 5.74) is 0.351. The number of nitrogens with zero attached hydrogens (tertiary/aromatic N) is 1. The molecule has 1 aliphatic carbocycles. The van der Waals surface area contributed by atoms with Crippen LogP contribution in [0.5, 0.6) is 0 Å². The van der Waals surface area contributed by atoms with E-state index in [1.54, 1.807) is 7.11 Å². The fraction of sp³-hybridized carbons (Fsp3) is 0.944. The van der Waals surface area contributed by atoms with E-state index in [1.165, 1.54) is 38.5 Å². The third kappa shape index (κ3) is 4.18. The summed E-state index contributed by atoms with van der Waals surface area (Å²) in [4.78, 5) is 4.95. The van der Waals surface area contributed by atoms with Gasteiger partial charge in [-0.1, -0.05) is 12.8 Å². The molecule has 0 spiro atoms. The van der Waals surface area contributed by atoms with Crippen LogP contribution in [0.3, 0.4) is 0 Å². The van der Waals surface area contributed by atoms with E-state index < -0.39 is 0 Å². The van der Waals surface area contributed by atoms with Gasteiger partial charge < -0.3 is 20.1 Å². The van der Waals surface area contributed by atoms with Gasteiger partial charge in [-0.3, -0.25) is 4.99 Å². The number of methoxy groups -OCH3 is 1. The lowest BCUT2D eigenvalue weighted by Crippen LogP contribution is -2.47. The van der Waals surface area contributed by atoms with E-state index in [4.69, 9.17) is 14.5 Å². The number of hydrogen-bond acceptors (Lipinski definition) is 3. The van der Waals surface area contributed by atoms with Crippen LogP contribution in [-0.4, -0.2) is 51.0 Å². The highest BCUT2D eigenvalue weighted by Crippen LogP contribution is 2.41. The number of hydrogen-bond donors (Lipinski definition) is 2. The predicted octanol–water partition coefficient (Wildman–Crippen LogP) is 2.46. The van der Waals surface area contributed by atoms with Crippen molar-refractivity contribution in [1.82, 2.24) is 10.6 Å². The fourth-order valence-corrected chi connectivity index (χ4v) is 4.46. The standard InChI is InChI=1S/C18H33N3O2/c1-3-19-17(21-15-12-14-6-7-16(15)23-14)20-13-18(10-11-22-2)8-4-5-9-18/h14-16H,3-13H2,1-2H3,(H2,19,20,21). The van der Waals surface area contributed by atoms with E-state index in [0.29, 0.717) is 23.7 Å². The summed E-state index contributed by atoms with van der Waals surface area (Å²) in [6.07, 6.45) is 10.8. The number of ether oxygens (including phenoxy) is 2. The van der Waals surface area contributed by atoms with Gasteiger partial charge in [0.15, 0.2) is 5.96 Å². The van der Waals surface area contributed by atoms with Crippen LogP contribution >= 0.6 is 0 Å². The normalized spacial score (nSPS) is 32.4. The Morgan fingerprint density at radius 2 is 2.13 bits per heavy atom. The Bertz CT molecular complexity index is 407. The second kappa shape index (κ2) is 7.84. The molecule has 3 atom stereocenters. The maximum absolute atomic E-state index is 5.95. The van der Waals surface area contributed by atoms with Crippen molar-refractivity contribution in [2.75, 3.05) is 26.8 Å². The molecule has 0 radical (unpaired) electrons. The Balaban J connectivity index is 1.59. The molecule has 2 heterocycles. The van der Waals surface area contributed by atoms with Crippen molar-refractivity contribution in [2.45, 2.75) is 76.5 Å². The first kappa shape index (κ1) is 17.0. The first-order valence-corrected chi connectivity index (χ1v) is 9.44. The Morgan fingerprint density at radius 1 is 1.30 bits per heavy atom. The second-order valence-electron chi connectivity index (χ2n) is 7.51. The summed E-state index contributed by atoms with van der Waals surface area (Å²) < 4.78 is 11.3. The second-order valence-corrected chi connectivity index (χ2v) is 7.51. The third-order valence-corrected chi connectivity index (χ3v) is 5.85. The molecule has 3 aliphatic rings. The Hall–Kier alpha value is -0.810. The molecule has 3 unspecified atom stereocenters. The van der Waals surface area contributed by atoms with E-state index in [-0.39, 0.29) is 0 Å². The van der Waals surface area contributed by atoms with E-state index in [1.807, 2.05) is 0 Å². The highest BCUT2D eigenvalue weighted by molar-refractivity contribution is 5.80. The zero-order valence-electron chi connectivity index (χ0n) is 14.8. The predicted molar refractivity (Wildman–Crippen MR) is 92.8 cm³/mol. The highest BCUT2D eigenvalue weighted by Gasteiger charge is 2.41. The molecule has 2 bridgehead atoms. The molecule has 0 aromatic heterocycles. The monoisotopic (exact) mass is 323 g/mol. The largest absolute Gasteiger partial charge is 0.385 e.